The van der Waals surface area contributed by atoms with Gasteiger partial charge in [-0.1, -0.05) is 27.2 Å². The van der Waals surface area contributed by atoms with Gasteiger partial charge in [0, 0.05) is 12.7 Å². The highest BCUT2D eigenvalue weighted by molar-refractivity contribution is 5.97. The van der Waals surface area contributed by atoms with Gasteiger partial charge in [-0.05, 0) is 39.2 Å². The third-order valence-electron chi connectivity index (χ3n) is 3.59. The van der Waals surface area contributed by atoms with Crippen LogP contribution in [0, 0.1) is 6.92 Å². The third-order valence-corrected chi connectivity index (χ3v) is 3.59. The predicted molar refractivity (Wildman–Crippen MR) is 92.9 cm³/mol. The summed E-state index contributed by atoms with van der Waals surface area (Å²) in [5.41, 5.74) is 0.622. The molecular weight excluding hydrogens is 292 g/mol. The molecule has 0 spiro atoms. The van der Waals surface area contributed by atoms with Crippen molar-refractivity contribution in [1.82, 2.24) is 4.98 Å². The van der Waals surface area contributed by atoms with Gasteiger partial charge in [0.1, 0.15) is 5.60 Å². The zero-order valence-electron chi connectivity index (χ0n) is 15.1. The maximum absolute atomic E-state index is 12.6. The Kier molecular flexibility index (Phi) is 8.03. The fourth-order valence-electron chi connectivity index (χ4n) is 2.27. The number of rotatable bonds is 10. The first-order valence-electron chi connectivity index (χ1n) is 8.52. The lowest BCUT2D eigenvalue weighted by atomic mass is 9.99. The highest BCUT2D eigenvalue weighted by Crippen LogP contribution is 2.23. The van der Waals surface area contributed by atoms with Crippen LogP contribution in [0.1, 0.15) is 59.1 Å². The lowest BCUT2D eigenvalue weighted by molar-refractivity contribution is -0.140. The summed E-state index contributed by atoms with van der Waals surface area (Å²) in [7, 11) is 0. The number of aromatic nitrogens is 1. The van der Waals surface area contributed by atoms with Crippen molar-refractivity contribution in [3.63, 3.8) is 0 Å². The normalized spacial score (nSPS) is 13.4. The average molecular weight is 322 g/mol. The molecule has 1 N–H and O–H groups in total. The molecule has 1 atom stereocenters. The van der Waals surface area contributed by atoms with Crippen molar-refractivity contribution in [3.05, 3.63) is 17.8 Å². The molecule has 1 amide bonds. The number of pyridine rings is 1. The monoisotopic (exact) mass is 322 g/mol. The van der Waals surface area contributed by atoms with Gasteiger partial charge in [-0.2, -0.15) is 0 Å². The molecule has 0 aliphatic rings. The second-order valence-corrected chi connectivity index (χ2v) is 5.91. The SMILES string of the molecule is CCCOc1ccc(NC(=O)[C@@](C)(CCC)OCCC)c(C)n1. The number of carbonyl (C=O) groups is 1. The lowest BCUT2D eigenvalue weighted by Crippen LogP contribution is -2.43. The third kappa shape index (κ3) is 5.82. The maximum Gasteiger partial charge on any atom is 0.256 e. The fourth-order valence-corrected chi connectivity index (χ4v) is 2.27. The van der Waals surface area contributed by atoms with E-state index in [4.69, 9.17) is 9.47 Å². The van der Waals surface area contributed by atoms with Crippen molar-refractivity contribution in [2.75, 3.05) is 18.5 Å². The summed E-state index contributed by atoms with van der Waals surface area (Å²) < 4.78 is 11.3. The Bertz CT molecular complexity index is 505. The number of nitrogens with one attached hydrogen (secondary N) is 1. The van der Waals surface area contributed by atoms with Gasteiger partial charge in [-0.15, -0.1) is 0 Å². The molecule has 5 heteroatoms. The second kappa shape index (κ2) is 9.50. The maximum atomic E-state index is 12.6. The fraction of sp³-hybridized carbons (Fsp3) is 0.667. The molecule has 1 heterocycles. The van der Waals surface area contributed by atoms with Crippen LogP contribution in [0.3, 0.4) is 0 Å². The molecule has 0 bridgehead atoms. The zero-order chi connectivity index (χ0) is 17.3. The number of amides is 1. The largest absolute Gasteiger partial charge is 0.478 e. The van der Waals surface area contributed by atoms with Crippen LogP contribution < -0.4 is 10.1 Å². The standard InChI is InChI=1S/C18H30N2O3/c1-6-11-18(5,23-13-8-3)17(21)20-15-9-10-16(19-14(15)4)22-12-7-2/h9-10H,6-8,11-13H2,1-5H3,(H,20,21)/t18-/m1/s1. The zero-order valence-corrected chi connectivity index (χ0v) is 15.1. The second-order valence-electron chi connectivity index (χ2n) is 5.91. The van der Waals surface area contributed by atoms with Crippen molar-refractivity contribution >= 4 is 11.6 Å². The Morgan fingerprint density at radius 1 is 1.17 bits per heavy atom. The number of aryl methyl sites for hydroxylation is 1. The summed E-state index contributed by atoms with van der Waals surface area (Å²) in [4.78, 5) is 17.0. The van der Waals surface area contributed by atoms with E-state index in [0.717, 1.165) is 25.0 Å². The molecule has 0 aliphatic heterocycles. The van der Waals surface area contributed by atoms with Crippen LogP contribution >= 0.6 is 0 Å². The lowest BCUT2D eigenvalue weighted by Gasteiger charge is -2.28. The highest BCUT2D eigenvalue weighted by atomic mass is 16.5. The molecule has 130 valence electrons. The quantitative estimate of drug-likeness (QED) is 0.704. The Morgan fingerprint density at radius 3 is 2.43 bits per heavy atom. The Hall–Kier alpha value is -1.62. The van der Waals surface area contributed by atoms with E-state index in [-0.39, 0.29) is 5.91 Å². The summed E-state index contributed by atoms with van der Waals surface area (Å²) in [6.07, 6.45) is 3.39. The van der Waals surface area contributed by atoms with Crippen molar-refractivity contribution in [1.29, 1.82) is 0 Å². The van der Waals surface area contributed by atoms with Gasteiger partial charge in [-0.25, -0.2) is 4.98 Å². The van der Waals surface area contributed by atoms with Gasteiger partial charge < -0.3 is 14.8 Å². The van der Waals surface area contributed by atoms with Crippen LogP contribution in [0.25, 0.3) is 0 Å². The Balaban J connectivity index is 2.81. The van der Waals surface area contributed by atoms with E-state index in [1.807, 2.05) is 40.7 Å². The molecule has 0 aromatic carbocycles. The molecule has 1 aromatic heterocycles. The molecule has 1 aromatic rings. The summed E-state index contributed by atoms with van der Waals surface area (Å²) in [5, 5.41) is 2.95. The number of nitrogens with zero attached hydrogens (tertiary/aromatic N) is 1. The summed E-state index contributed by atoms with van der Waals surface area (Å²) >= 11 is 0. The molecule has 23 heavy (non-hydrogen) atoms. The van der Waals surface area contributed by atoms with Crippen molar-refractivity contribution in [3.8, 4) is 5.88 Å². The van der Waals surface area contributed by atoms with Crippen molar-refractivity contribution in [2.24, 2.45) is 0 Å². The number of hydrogen-bond donors (Lipinski definition) is 1. The number of ether oxygens (including phenoxy) is 2. The minimum absolute atomic E-state index is 0.125. The van der Waals surface area contributed by atoms with Crippen molar-refractivity contribution < 1.29 is 14.3 Å². The van der Waals surface area contributed by atoms with Crippen molar-refractivity contribution in [2.45, 2.75) is 65.9 Å². The van der Waals surface area contributed by atoms with E-state index in [9.17, 15) is 4.79 Å². The first-order valence-corrected chi connectivity index (χ1v) is 8.52. The van der Waals surface area contributed by atoms with Gasteiger partial charge in [-0.3, -0.25) is 4.79 Å². The van der Waals surface area contributed by atoms with Crippen LogP contribution in [0.4, 0.5) is 5.69 Å². The van der Waals surface area contributed by atoms with E-state index in [2.05, 4.69) is 10.3 Å². The summed E-state index contributed by atoms with van der Waals surface area (Å²) in [5.74, 6) is 0.459. The van der Waals surface area contributed by atoms with E-state index < -0.39 is 5.60 Å². The van der Waals surface area contributed by atoms with E-state index in [0.29, 0.717) is 31.2 Å². The predicted octanol–water partition coefficient (Wildman–Crippen LogP) is 4.10. The average Bonchev–Trinajstić information content (AvgIpc) is 2.53. The Morgan fingerprint density at radius 2 is 1.87 bits per heavy atom. The molecule has 0 aliphatic carbocycles. The van der Waals surface area contributed by atoms with Gasteiger partial charge >= 0.3 is 0 Å². The molecule has 0 saturated heterocycles. The topological polar surface area (TPSA) is 60.5 Å². The molecular formula is C18H30N2O3. The minimum atomic E-state index is -0.811. The minimum Gasteiger partial charge on any atom is -0.478 e. The van der Waals surface area contributed by atoms with Gasteiger partial charge in [0.05, 0.1) is 18.0 Å². The van der Waals surface area contributed by atoms with Crippen LogP contribution in [-0.4, -0.2) is 29.7 Å². The number of anilines is 1. The highest BCUT2D eigenvalue weighted by Gasteiger charge is 2.33. The summed E-state index contributed by atoms with van der Waals surface area (Å²) in [6.45, 7) is 11.1. The van der Waals surface area contributed by atoms with E-state index >= 15 is 0 Å². The van der Waals surface area contributed by atoms with E-state index in [1.165, 1.54) is 0 Å². The summed E-state index contributed by atoms with van der Waals surface area (Å²) in [6, 6.07) is 3.61. The van der Waals surface area contributed by atoms with Crippen LogP contribution in [0.2, 0.25) is 0 Å². The molecule has 0 unspecified atom stereocenters. The molecule has 0 saturated carbocycles. The molecule has 1 rings (SSSR count). The smallest absolute Gasteiger partial charge is 0.256 e. The number of hydrogen-bond acceptors (Lipinski definition) is 4. The molecule has 0 radical (unpaired) electrons. The van der Waals surface area contributed by atoms with Gasteiger partial charge in [0.15, 0.2) is 0 Å². The first-order chi connectivity index (χ1) is 11.0. The molecule has 0 fully saturated rings. The van der Waals surface area contributed by atoms with Crippen LogP contribution in [0.5, 0.6) is 5.88 Å². The Labute approximate surface area is 139 Å². The number of carbonyl (C=O) groups excluding carboxylic acids is 1. The van der Waals surface area contributed by atoms with E-state index in [1.54, 1.807) is 6.07 Å². The molecule has 5 nitrogen and oxygen atoms in total. The first kappa shape index (κ1) is 19.4. The van der Waals surface area contributed by atoms with Crippen LogP contribution in [-0.2, 0) is 9.53 Å². The van der Waals surface area contributed by atoms with Gasteiger partial charge in [0.25, 0.3) is 5.91 Å². The van der Waals surface area contributed by atoms with Crippen LogP contribution in [0.15, 0.2) is 12.1 Å². The van der Waals surface area contributed by atoms with Gasteiger partial charge in [0.2, 0.25) is 5.88 Å².